The lowest BCUT2D eigenvalue weighted by Gasteiger charge is -2.27. The number of methoxy groups -OCH3 is 1. The van der Waals surface area contributed by atoms with Gasteiger partial charge in [0.05, 0.1) is 24.9 Å². The number of rotatable bonds is 9. The van der Waals surface area contributed by atoms with Gasteiger partial charge in [-0.05, 0) is 78.6 Å². The number of aromatic nitrogens is 2. The molecule has 190 valence electrons. The summed E-state index contributed by atoms with van der Waals surface area (Å²) in [5.41, 5.74) is 4.22. The van der Waals surface area contributed by atoms with Crippen molar-refractivity contribution in [3.05, 3.63) is 113 Å². The van der Waals surface area contributed by atoms with Crippen molar-refractivity contribution in [3.63, 3.8) is 0 Å². The number of sulfonamides is 1. The average molecular weight is 518 g/mol. The van der Waals surface area contributed by atoms with E-state index in [-0.39, 0.29) is 18.2 Å². The number of nitrogens with zero attached hydrogens (tertiary/aromatic N) is 3. The Hall–Kier alpha value is -4.24. The van der Waals surface area contributed by atoms with Crippen molar-refractivity contribution in [1.29, 1.82) is 0 Å². The van der Waals surface area contributed by atoms with Crippen LogP contribution in [0.3, 0.4) is 0 Å². The molecule has 0 saturated heterocycles. The van der Waals surface area contributed by atoms with Crippen molar-refractivity contribution in [2.45, 2.75) is 32.0 Å². The third kappa shape index (κ3) is 5.95. The van der Waals surface area contributed by atoms with Crippen LogP contribution < -0.4 is 9.04 Å². The maximum absolute atomic E-state index is 13.8. The predicted molar refractivity (Wildman–Crippen MR) is 140 cm³/mol. The molecular formula is C28H27N3O5S. The Morgan fingerprint density at radius 3 is 2.32 bits per heavy atom. The lowest BCUT2D eigenvalue weighted by Crippen LogP contribution is -2.31. The molecular weight excluding hydrogens is 490 g/mol. The quantitative estimate of drug-likeness (QED) is 0.293. The zero-order valence-electron chi connectivity index (χ0n) is 20.8. The fourth-order valence-corrected chi connectivity index (χ4v) is 5.06. The van der Waals surface area contributed by atoms with E-state index in [4.69, 9.17) is 9.47 Å². The summed E-state index contributed by atoms with van der Waals surface area (Å²) in [5.74, 6) is -0.0155. The van der Waals surface area contributed by atoms with E-state index in [1.54, 1.807) is 54.9 Å². The molecule has 9 heteroatoms. The highest BCUT2D eigenvalue weighted by Gasteiger charge is 2.29. The van der Waals surface area contributed by atoms with Crippen LogP contribution in [0.4, 0.5) is 5.69 Å². The number of benzene rings is 2. The second-order valence-corrected chi connectivity index (χ2v) is 10.2. The zero-order valence-corrected chi connectivity index (χ0v) is 21.6. The van der Waals surface area contributed by atoms with Crippen LogP contribution in [0.25, 0.3) is 0 Å². The first kappa shape index (κ1) is 25.8. The number of carbonyl (C=O) groups is 1. The van der Waals surface area contributed by atoms with Crippen LogP contribution in [0, 0.1) is 13.8 Å². The number of carbonyl (C=O) groups excluding carboxylic acids is 1. The van der Waals surface area contributed by atoms with E-state index >= 15 is 0 Å². The van der Waals surface area contributed by atoms with Gasteiger partial charge in [0.25, 0.3) is 10.0 Å². The molecule has 0 aliphatic rings. The van der Waals surface area contributed by atoms with Gasteiger partial charge in [0.1, 0.15) is 12.4 Å². The standard InChI is InChI=1S/C28H27N3O5S/c1-20-15-25(26(16-21(20)2)36-19-22-9-11-24(12-10-22)28(32)35-3)31(18-23-7-6-13-29-17-23)37(33,34)27-8-4-5-14-30-27/h4-17H,18-19H2,1-3H3. The molecule has 4 rings (SSSR count). The van der Waals surface area contributed by atoms with Crippen LogP contribution in [0.15, 0.2) is 90.3 Å². The van der Waals surface area contributed by atoms with Gasteiger partial charge < -0.3 is 9.47 Å². The van der Waals surface area contributed by atoms with Gasteiger partial charge in [-0.25, -0.2) is 9.78 Å². The SMILES string of the molecule is COC(=O)c1ccc(COc2cc(C)c(C)cc2N(Cc2cccnc2)S(=O)(=O)c2ccccn2)cc1. The Morgan fingerprint density at radius 1 is 0.919 bits per heavy atom. The van der Waals surface area contributed by atoms with Gasteiger partial charge in [-0.15, -0.1) is 0 Å². The highest BCUT2D eigenvalue weighted by atomic mass is 32.2. The molecule has 0 atom stereocenters. The molecule has 0 saturated carbocycles. The van der Waals surface area contributed by atoms with Gasteiger partial charge in [-0.2, -0.15) is 8.42 Å². The van der Waals surface area contributed by atoms with Crippen molar-refractivity contribution < 1.29 is 22.7 Å². The highest BCUT2D eigenvalue weighted by molar-refractivity contribution is 7.92. The van der Waals surface area contributed by atoms with E-state index in [9.17, 15) is 13.2 Å². The molecule has 2 aromatic carbocycles. The topological polar surface area (TPSA) is 98.7 Å². The molecule has 0 unspecified atom stereocenters. The molecule has 0 aliphatic heterocycles. The van der Waals surface area contributed by atoms with E-state index < -0.39 is 16.0 Å². The van der Waals surface area contributed by atoms with Crippen molar-refractivity contribution in [2.75, 3.05) is 11.4 Å². The van der Waals surface area contributed by atoms with Crippen LogP contribution in [0.5, 0.6) is 5.75 Å². The first-order valence-electron chi connectivity index (χ1n) is 11.5. The summed E-state index contributed by atoms with van der Waals surface area (Å²) in [5, 5.41) is -0.0681. The summed E-state index contributed by atoms with van der Waals surface area (Å²) in [6, 6.07) is 18.8. The van der Waals surface area contributed by atoms with E-state index in [1.165, 1.54) is 23.7 Å². The second-order valence-electron chi connectivity index (χ2n) is 8.42. The number of anilines is 1. The van der Waals surface area contributed by atoms with Gasteiger partial charge in [0.15, 0.2) is 5.03 Å². The molecule has 0 N–H and O–H groups in total. The predicted octanol–water partition coefficient (Wildman–Crippen LogP) is 4.85. The third-order valence-electron chi connectivity index (χ3n) is 5.85. The van der Waals surface area contributed by atoms with Gasteiger partial charge in [-0.3, -0.25) is 9.29 Å². The molecule has 0 amide bonds. The van der Waals surface area contributed by atoms with Gasteiger partial charge in [0, 0.05) is 18.6 Å². The van der Waals surface area contributed by atoms with Crippen molar-refractivity contribution in [3.8, 4) is 5.75 Å². The first-order valence-corrected chi connectivity index (χ1v) is 13.0. The van der Waals surface area contributed by atoms with Crippen LogP contribution in [0.2, 0.25) is 0 Å². The van der Waals surface area contributed by atoms with Crippen molar-refractivity contribution in [2.24, 2.45) is 0 Å². The minimum atomic E-state index is -4.04. The maximum atomic E-state index is 13.8. The molecule has 0 bridgehead atoms. The summed E-state index contributed by atoms with van der Waals surface area (Å²) in [4.78, 5) is 20.0. The van der Waals surface area contributed by atoms with Crippen molar-refractivity contribution in [1.82, 2.24) is 9.97 Å². The molecule has 0 radical (unpaired) electrons. The molecule has 8 nitrogen and oxygen atoms in total. The lowest BCUT2D eigenvalue weighted by atomic mass is 10.1. The Labute approximate surface area is 216 Å². The van der Waals surface area contributed by atoms with Crippen molar-refractivity contribution >= 4 is 21.7 Å². The first-order chi connectivity index (χ1) is 17.8. The number of hydrogen-bond acceptors (Lipinski definition) is 7. The van der Waals surface area contributed by atoms with Gasteiger partial charge in [0.2, 0.25) is 0 Å². The van der Waals surface area contributed by atoms with Crippen LogP contribution in [-0.4, -0.2) is 31.5 Å². The number of pyridine rings is 2. The van der Waals surface area contributed by atoms with E-state index in [0.717, 1.165) is 16.7 Å². The van der Waals surface area contributed by atoms with E-state index in [2.05, 4.69) is 9.97 Å². The lowest BCUT2D eigenvalue weighted by molar-refractivity contribution is 0.0600. The van der Waals surface area contributed by atoms with Gasteiger partial charge >= 0.3 is 5.97 Å². The molecule has 0 fully saturated rings. The minimum Gasteiger partial charge on any atom is -0.487 e. The molecule has 4 aromatic rings. The fraction of sp³-hybridized carbons (Fsp3) is 0.179. The summed E-state index contributed by atoms with van der Waals surface area (Å²) >= 11 is 0. The Morgan fingerprint density at radius 2 is 1.68 bits per heavy atom. The number of hydrogen-bond donors (Lipinski definition) is 0. The summed E-state index contributed by atoms with van der Waals surface area (Å²) in [6.45, 7) is 4.07. The maximum Gasteiger partial charge on any atom is 0.337 e. The second kappa shape index (κ2) is 11.2. The van der Waals surface area contributed by atoms with E-state index in [1.807, 2.05) is 32.0 Å². The minimum absolute atomic E-state index is 0.0411. The number of ether oxygens (including phenoxy) is 2. The smallest absolute Gasteiger partial charge is 0.337 e. The Kier molecular flexibility index (Phi) is 7.83. The zero-order chi connectivity index (χ0) is 26.4. The Bertz CT molecular complexity index is 1480. The highest BCUT2D eigenvalue weighted by Crippen LogP contribution is 2.36. The summed E-state index contributed by atoms with van der Waals surface area (Å²) in [6.07, 6.45) is 4.72. The largest absolute Gasteiger partial charge is 0.487 e. The normalized spacial score (nSPS) is 11.1. The third-order valence-corrected chi connectivity index (χ3v) is 7.53. The molecule has 0 aliphatic carbocycles. The number of aryl methyl sites for hydroxylation is 2. The monoisotopic (exact) mass is 517 g/mol. The molecule has 2 heterocycles. The average Bonchev–Trinajstić information content (AvgIpc) is 2.93. The fourth-order valence-electron chi connectivity index (χ4n) is 3.67. The Balaban J connectivity index is 1.74. The van der Waals surface area contributed by atoms with Gasteiger partial charge in [-0.1, -0.05) is 24.3 Å². The molecule has 0 spiro atoms. The molecule has 2 aromatic heterocycles. The van der Waals surface area contributed by atoms with Crippen LogP contribution >= 0.6 is 0 Å². The van der Waals surface area contributed by atoms with Crippen LogP contribution in [0.1, 0.15) is 32.6 Å². The summed E-state index contributed by atoms with van der Waals surface area (Å²) in [7, 11) is -2.71. The van der Waals surface area contributed by atoms with E-state index in [0.29, 0.717) is 22.6 Å². The summed E-state index contributed by atoms with van der Waals surface area (Å²) < 4.78 is 39.9. The number of esters is 1. The van der Waals surface area contributed by atoms with Crippen LogP contribution in [-0.2, 0) is 27.9 Å². The molecule has 37 heavy (non-hydrogen) atoms.